The molecular formula is C49H66N2O7S. The summed E-state index contributed by atoms with van der Waals surface area (Å²) < 4.78 is 0. The molecule has 2 aromatic carbocycles. The van der Waals surface area contributed by atoms with Crippen molar-refractivity contribution in [3.63, 3.8) is 0 Å². The Bertz CT molecular complexity index is 1930. The van der Waals surface area contributed by atoms with E-state index >= 15 is 0 Å². The fourth-order valence-corrected chi connectivity index (χ4v) is 14.9. The number of hydrogen-bond acceptors (Lipinski definition) is 6. The van der Waals surface area contributed by atoms with Crippen molar-refractivity contribution in [3.8, 4) is 0 Å². The largest absolute Gasteiger partial charge is 0.481 e. The molecule has 0 bridgehead atoms. The lowest BCUT2D eigenvalue weighted by Crippen LogP contribution is -2.64. The molecule has 10 heteroatoms. The zero-order chi connectivity index (χ0) is 42.3. The van der Waals surface area contributed by atoms with Crippen LogP contribution in [-0.2, 0) is 22.6 Å². The highest BCUT2D eigenvalue weighted by atomic mass is 32.2. The molecule has 5 aliphatic carbocycles. The van der Waals surface area contributed by atoms with Crippen LogP contribution in [0.5, 0.6) is 0 Å². The van der Waals surface area contributed by atoms with Gasteiger partial charge < -0.3 is 26.0 Å². The number of aromatic carboxylic acids is 1. The molecule has 10 atom stereocenters. The van der Waals surface area contributed by atoms with E-state index in [4.69, 9.17) is 5.11 Å². The highest BCUT2D eigenvalue weighted by Gasteiger charge is 2.68. The Morgan fingerprint density at radius 3 is 2.25 bits per heavy atom. The number of rotatable bonds is 14. The van der Waals surface area contributed by atoms with Gasteiger partial charge >= 0.3 is 11.9 Å². The molecule has 9 nitrogen and oxygen atoms in total. The van der Waals surface area contributed by atoms with Crippen molar-refractivity contribution in [2.75, 3.05) is 18.1 Å². The number of benzene rings is 2. The molecule has 0 aromatic heterocycles. The average Bonchev–Trinajstić information content (AvgIpc) is 3.62. The monoisotopic (exact) mass is 826 g/mol. The van der Waals surface area contributed by atoms with Crippen LogP contribution in [0.3, 0.4) is 0 Å². The van der Waals surface area contributed by atoms with Crippen molar-refractivity contribution >= 4 is 35.5 Å². The topological polar surface area (TPSA) is 153 Å². The number of thioether (sulfide) groups is 1. The van der Waals surface area contributed by atoms with Crippen LogP contribution in [0.2, 0.25) is 0 Å². The van der Waals surface area contributed by atoms with E-state index in [1.807, 2.05) is 18.2 Å². The summed E-state index contributed by atoms with van der Waals surface area (Å²) in [6.07, 6.45) is 10.8. The highest BCUT2D eigenvalue weighted by Crippen LogP contribution is 2.73. The first-order chi connectivity index (χ1) is 28.0. The zero-order valence-corrected chi connectivity index (χ0v) is 36.4. The van der Waals surface area contributed by atoms with Crippen molar-refractivity contribution in [2.24, 2.45) is 57.2 Å². The van der Waals surface area contributed by atoms with Gasteiger partial charge in [-0.15, -0.1) is 0 Å². The van der Waals surface area contributed by atoms with Crippen LogP contribution in [0, 0.1) is 57.2 Å². The van der Waals surface area contributed by atoms with Crippen LogP contribution in [-0.4, -0.2) is 63.2 Å². The average molecular weight is 827 g/mol. The molecule has 0 heterocycles. The number of hydrogen-bond donors (Lipinski definition) is 5. The Morgan fingerprint density at radius 2 is 1.53 bits per heavy atom. The summed E-state index contributed by atoms with van der Waals surface area (Å²) >= 11 is 1.65. The Morgan fingerprint density at radius 1 is 0.797 bits per heavy atom. The summed E-state index contributed by atoms with van der Waals surface area (Å²) in [6, 6.07) is 14.0. The van der Waals surface area contributed by atoms with Crippen LogP contribution in [0.1, 0.15) is 130 Å². The van der Waals surface area contributed by atoms with Gasteiger partial charge in [0, 0.05) is 30.2 Å². The number of fused-ring (bicyclic) bond motifs is 7. The van der Waals surface area contributed by atoms with Gasteiger partial charge in [-0.25, -0.2) is 4.79 Å². The van der Waals surface area contributed by atoms with Crippen LogP contribution in [0.25, 0.3) is 0 Å². The summed E-state index contributed by atoms with van der Waals surface area (Å²) in [6.45, 7) is 15.1. The third-order valence-corrected chi connectivity index (χ3v) is 17.9. The van der Waals surface area contributed by atoms with E-state index in [-0.39, 0.29) is 64.5 Å². The van der Waals surface area contributed by atoms with E-state index in [1.165, 1.54) is 30.5 Å². The molecule has 2 amide bonds. The number of aliphatic carboxylic acids is 1. The lowest BCUT2D eigenvalue weighted by atomic mass is 9.36. The molecule has 5 aliphatic rings. The third kappa shape index (κ3) is 8.14. The van der Waals surface area contributed by atoms with Crippen LogP contribution < -0.4 is 10.6 Å². The molecule has 0 saturated heterocycles. The van der Waals surface area contributed by atoms with Crippen LogP contribution >= 0.6 is 11.8 Å². The molecule has 5 saturated carbocycles. The van der Waals surface area contributed by atoms with Crippen LogP contribution in [0.15, 0.2) is 60.7 Å². The number of aliphatic hydroxyl groups excluding tert-OH is 1. The van der Waals surface area contributed by atoms with E-state index in [9.17, 15) is 29.4 Å². The van der Waals surface area contributed by atoms with E-state index in [0.29, 0.717) is 48.0 Å². The van der Waals surface area contributed by atoms with Gasteiger partial charge in [0.05, 0.1) is 23.5 Å². The maximum atomic E-state index is 14.8. The summed E-state index contributed by atoms with van der Waals surface area (Å²) in [5, 5.41) is 35.9. The second kappa shape index (κ2) is 17.0. The van der Waals surface area contributed by atoms with Gasteiger partial charge in [0.15, 0.2) is 0 Å². The SMILES string of the molecule is C=C(CSCCC(=O)O)C1CCC2(C(=O)NCCc3cccc(C(=O)NCc4ccc(C(=O)O)cc4)c3)CCC3C(CCC4C3(C)CCC3C(C)(C)C(O)CCC34C)C12. The second-order valence-electron chi connectivity index (χ2n) is 20.0. The minimum absolute atomic E-state index is 0.0926. The third-order valence-electron chi connectivity index (χ3n) is 16.8. The molecule has 5 N–H and O–H groups in total. The molecule has 5 fully saturated rings. The van der Waals surface area contributed by atoms with E-state index in [1.54, 1.807) is 30.0 Å². The first-order valence-corrected chi connectivity index (χ1v) is 23.3. The number of carbonyl (C=O) groups is 4. The molecule has 7 rings (SSSR count). The van der Waals surface area contributed by atoms with Crippen LogP contribution in [0.4, 0.5) is 0 Å². The van der Waals surface area contributed by atoms with Crippen molar-refractivity contribution in [2.45, 2.75) is 117 Å². The molecule has 2 aromatic rings. The number of carbonyl (C=O) groups excluding carboxylic acids is 2. The minimum Gasteiger partial charge on any atom is -0.481 e. The van der Waals surface area contributed by atoms with E-state index in [0.717, 1.165) is 68.2 Å². The van der Waals surface area contributed by atoms with Gasteiger partial charge in [0.2, 0.25) is 5.91 Å². The summed E-state index contributed by atoms with van der Waals surface area (Å²) in [4.78, 5) is 50.3. The number of amides is 2. The molecule has 0 spiro atoms. The molecular weight excluding hydrogens is 761 g/mol. The number of nitrogens with one attached hydrogen (secondary N) is 2. The van der Waals surface area contributed by atoms with E-state index < -0.39 is 17.4 Å². The van der Waals surface area contributed by atoms with Crippen molar-refractivity contribution < 1.29 is 34.5 Å². The normalized spacial score (nSPS) is 34.3. The lowest BCUT2D eigenvalue weighted by Gasteiger charge is -2.69. The van der Waals surface area contributed by atoms with Crippen molar-refractivity contribution in [1.82, 2.24) is 10.6 Å². The van der Waals surface area contributed by atoms with E-state index in [2.05, 4.69) is 44.9 Å². The minimum atomic E-state index is -0.991. The molecule has 59 heavy (non-hydrogen) atoms. The maximum absolute atomic E-state index is 14.8. The fraction of sp³-hybridized carbons (Fsp3) is 0.633. The Kier molecular flexibility index (Phi) is 12.5. The van der Waals surface area contributed by atoms with Gasteiger partial charge in [-0.1, -0.05) is 64.1 Å². The summed E-state index contributed by atoms with van der Waals surface area (Å²) in [7, 11) is 0. The fourth-order valence-electron chi connectivity index (χ4n) is 14.0. The number of carboxylic acids is 2. The molecule has 320 valence electrons. The highest BCUT2D eigenvalue weighted by molar-refractivity contribution is 7.99. The maximum Gasteiger partial charge on any atom is 0.335 e. The smallest absolute Gasteiger partial charge is 0.335 e. The summed E-state index contributed by atoms with van der Waals surface area (Å²) in [5.41, 5.74) is 3.49. The Hall–Kier alpha value is -3.63. The van der Waals surface area contributed by atoms with Gasteiger partial charge in [0.25, 0.3) is 5.91 Å². The Labute approximate surface area is 355 Å². The molecule has 10 unspecified atom stereocenters. The number of carboxylic acid groups (broad SMARTS) is 2. The van der Waals surface area contributed by atoms with Crippen molar-refractivity contribution in [3.05, 3.63) is 82.9 Å². The quantitative estimate of drug-likeness (QED) is 0.0937. The van der Waals surface area contributed by atoms with Gasteiger partial charge in [-0.3, -0.25) is 14.4 Å². The first-order valence-electron chi connectivity index (χ1n) is 22.1. The zero-order valence-electron chi connectivity index (χ0n) is 35.6. The molecule has 0 radical (unpaired) electrons. The van der Waals surface area contributed by atoms with Gasteiger partial charge in [0.1, 0.15) is 0 Å². The summed E-state index contributed by atoms with van der Waals surface area (Å²) in [5.74, 6) is 1.94. The lowest BCUT2D eigenvalue weighted by molar-refractivity contribution is -0.216. The predicted octanol–water partition coefficient (Wildman–Crippen LogP) is 8.79. The number of aliphatic hydroxyl groups is 1. The second-order valence-corrected chi connectivity index (χ2v) is 21.1. The van der Waals surface area contributed by atoms with Gasteiger partial charge in [-0.2, -0.15) is 11.8 Å². The van der Waals surface area contributed by atoms with Crippen molar-refractivity contribution in [1.29, 1.82) is 0 Å². The van der Waals surface area contributed by atoms with Gasteiger partial charge in [-0.05, 0) is 158 Å². The first kappa shape index (κ1) is 43.5. The predicted molar refractivity (Wildman–Crippen MR) is 232 cm³/mol. The Balaban J connectivity index is 1.05. The molecule has 0 aliphatic heterocycles. The standard InChI is InChI=1S/C49H66N2O7S/c1-30(29-59-26-20-41(53)54)35-15-23-49(45(58)50-25-19-31-7-6-8-34(27-31)43(55)51-28-32-9-11-33(12-10-32)44(56)57)24-16-37-36(42(35)49)13-14-39-47(37,4)21-17-38-46(2,3)40(52)18-22-48(38,39)5/h6-12,27,35-40,42,52H,1,13-26,28-29H2,2-5H3,(H,50,58)(H,51,55)(H,53,54)(H,56,57).